The van der Waals surface area contributed by atoms with E-state index in [-0.39, 0.29) is 0 Å². The topological polar surface area (TPSA) is 25.8 Å². The van der Waals surface area contributed by atoms with Crippen molar-refractivity contribution in [3.8, 4) is 0 Å². The van der Waals surface area contributed by atoms with Crippen LogP contribution in [0, 0.1) is 5.41 Å². The van der Waals surface area contributed by atoms with Crippen molar-refractivity contribution in [2.24, 2.45) is 5.41 Å². The molecule has 0 N–H and O–H groups in total. The molecule has 3 rings (SSSR count). The van der Waals surface area contributed by atoms with E-state index in [4.69, 9.17) is 11.6 Å². The lowest BCUT2D eigenvalue weighted by Gasteiger charge is -2.17. The smallest absolute Gasteiger partial charge is 0.150 e. The van der Waals surface area contributed by atoms with Crippen molar-refractivity contribution in [3.05, 3.63) is 35.2 Å². The zero-order valence-corrected chi connectivity index (χ0v) is 12.8. The quantitative estimate of drug-likeness (QED) is 0.584. The number of nitrogens with zero attached hydrogens (tertiary/aromatic N) is 2. The molecule has 4 heteroatoms. The second-order valence-corrected chi connectivity index (χ2v) is 7.42. The molecule has 0 unspecified atom stereocenters. The number of hydrogen-bond acceptors (Lipinski definition) is 3. The minimum absolute atomic E-state index is 0.293. The van der Waals surface area contributed by atoms with E-state index in [0.717, 1.165) is 16.6 Å². The van der Waals surface area contributed by atoms with Gasteiger partial charge in [0, 0.05) is 10.1 Å². The molecule has 2 nitrogen and oxygen atoms in total. The largest absolute Gasteiger partial charge is 0.235 e. The Labute approximate surface area is 121 Å². The first-order valence-electron chi connectivity index (χ1n) is 6.26. The van der Waals surface area contributed by atoms with Crippen LogP contribution in [0.3, 0.4) is 0 Å². The average molecular weight is 291 g/mol. The van der Waals surface area contributed by atoms with Crippen LogP contribution >= 0.6 is 22.9 Å². The summed E-state index contributed by atoms with van der Waals surface area (Å²) in [7, 11) is 0. The van der Waals surface area contributed by atoms with Gasteiger partial charge in [-0.25, -0.2) is 9.97 Å². The summed E-state index contributed by atoms with van der Waals surface area (Å²) in [4.78, 5) is 8.40. The summed E-state index contributed by atoms with van der Waals surface area (Å²) in [6.07, 6.45) is 2.59. The van der Waals surface area contributed by atoms with Crippen LogP contribution in [-0.2, 0) is 6.42 Å². The lowest BCUT2D eigenvalue weighted by atomic mass is 9.88. The van der Waals surface area contributed by atoms with Gasteiger partial charge in [0.15, 0.2) is 0 Å². The molecule has 2 heterocycles. The third-order valence-electron chi connectivity index (χ3n) is 3.01. The van der Waals surface area contributed by atoms with Crippen molar-refractivity contribution in [1.29, 1.82) is 0 Å². The van der Waals surface area contributed by atoms with Gasteiger partial charge >= 0.3 is 0 Å². The number of thiophene rings is 1. The maximum atomic E-state index is 6.13. The molecule has 0 spiro atoms. The normalized spacial score (nSPS) is 12.4. The van der Waals surface area contributed by atoms with E-state index in [1.54, 1.807) is 11.3 Å². The van der Waals surface area contributed by atoms with Gasteiger partial charge in [0.2, 0.25) is 0 Å². The highest BCUT2D eigenvalue weighted by molar-refractivity contribution is 7.26. The molecule has 0 bridgehead atoms. The third-order valence-corrected chi connectivity index (χ3v) is 4.56. The SMILES string of the molecule is CC(C)(C)Cc1ccc2c(c1)sc1c(Cl)ncnc12. The van der Waals surface area contributed by atoms with Gasteiger partial charge in [-0.2, -0.15) is 0 Å². The van der Waals surface area contributed by atoms with Crippen molar-refractivity contribution < 1.29 is 0 Å². The summed E-state index contributed by atoms with van der Waals surface area (Å²) in [6.45, 7) is 6.76. The van der Waals surface area contributed by atoms with Gasteiger partial charge in [0.05, 0.1) is 10.2 Å². The van der Waals surface area contributed by atoms with Crippen LogP contribution in [0.1, 0.15) is 26.3 Å². The number of fused-ring (bicyclic) bond motifs is 3. The number of rotatable bonds is 1. The van der Waals surface area contributed by atoms with E-state index in [1.807, 2.05) is 0 Å². The van der Waals surface area contributed by atoms with Gasteiger partial charge < -0.3 is 0 Å². The summed E-state index contributed by atoms with van der Waals surface area (Å²) in [5.41, 5.74) is 2.61. The summed E-state index contributed by atoms with van der Waals surface area (Å²) in [5.74, 6) is 0. The maximum absolute atomic E-state index is 6.13. The first-order chi connectivity index (χ1) is 8.94. The highest BCUT2D eigenvalue weighted by Crippen LogP contribution is 2.36. The second kappa shape index (κ2) is 4.43. The molecule has 0 radical (unpaired) electrons. The van der Waals surface area contributed by atoms with Crippen LogP contribution in [-0.4, -0.2) is 9.97 Å². The minimum atomic E-state index is 0.293. The molecule has 0 aliphatic rings. The fraction of sp³-hybridized carbons (Fsp3) is 0.333. The standard InChI is InChI=1S/C15H15ClN2S/c1-15(2,3)7-9-4-5-10-11(6-9)19-13-12(10)17-8-18-14(13)16/h4-6,8H,7H2,1-3H3. The number of halogens is 1. The highest BCUT2D eigenvalue weighted by Gasteiger charge is 2.14. The van der Waals surface area contributed by atoms with Gasteiger partial charge in [0.1, 0.15) is 11.5 Å². The van der Waals surface area contributed by atoms with E-state index in [9.17, 15) is 0 Å². The Balaban J connectivity index is 2.19. The molecule has 98 valence electrons. The van der Waals surface area contributed by atoms with Gasteiger partial charge in [0.25, 0.3) is 0 Å². The molecule has 19 heavy (non-hydrogen) atoms. The summed E-state index contributed by atoms with van der Waals surface area (Å²) >= 11 is 7.81. The van der Waals surface area contributed by atoms with Crippen molar-refractivity contribution in [1.82, 2.24) is 9.97 Å². The molecule has 1 aromatic carbocycles. The predicted octanol–water partition coefficient (Wildman–Crippen LogP) is 5.09. The van der Waals surface area contributed by atoms with Crippen molar-refractivity contribution >= 4 is 43.2 Å². The van der Waals surface area contributed by atoms with Crippen molar-refractivity contribution in [2.75, 3.05) is 0 Å². The first-order valence-corrected chi connectivity index (χ1v) is 7.45. The highest BCUT2D eigenvalue weighted by atomic mass is 35.5. The number of aromatic nitrogens is 2. The molecule has 3 aromatic rings. The van der Waals surface area contributed by atoms with E-state index < -0.39 is 0 Å². The predicted molar refractivity (Wildman–Crippen MR) is 83.1 cm³/mol. The van der Waals surface area contributed by atoms with Crippen LogP contribution in [0.2, 0.25) is 5.15 Å². The lowest BCUT2D eigenvalue weighted by molar-refractivity contribution is 0.411. The van der Waals surface area contributed by atoms with E-state index in [2.05, 4.69) is 48.9 Å². The zero-order chi connectivity index (χ0) is 13.6. The summed E-state index contributed by atoms with van der Waals surface area (Å²) in [6, 6.07) is 6.59. The van der Waals surface area contributed by atoms with Gasteiger partial charge in [-0.15, -0.1) is 11.3 Å². The maximum Gasteiger partial charge on any atom is 0.150 e. The molecule has 0 aliphatic carbocycles. The molecule has 0 atom stereocenters. The Bertz CT molecular complexity index is 756. The van der Waals surface area contributed by atoms with Crippen LogP contribution in [0.15, 0.2) is 24.5 Å². The average Bonchev–Trinajstić information content (AvgIpc) is 2.66. The van der Waals surface area contributed by atoms with Crippen LogP contribution in [0.25, 0.3) is 20.3 Å². The van der Waals surface area contributed by atoms with Crippen LogP contribution < -0.4 is 0 Å². The van der Waals surface area contributed by atoms with Crippen molar-refractivity contribution in [2.45, 2.75) is 27.2 Å². The summed E-state index contributed by atoms with van der Waals surface area (Å²) in [5, 5.41) is 1.71. The van der Waals surface area contributed by atoms with Crippen molar-refractivity contribution in [3.63, 3.8) is 0 Å². The zero-order valence-electron chi connectivity index (χ0n) is 11.2. The Morgan fingerprint density at radius 1 is 1.21 bits per heavy atom. The van der Waals surface area contributed by atoms with Crippen LogP contribution in [0.5, 0.6) is 0 Å². The Morgan fingerprint density at radius 2 is 2.00 bits per heavy atom. The van der Waals surface area contributed by atoms with Gasteiger partial charge in [-0.3, -0.25) is 0 Å². The molecular formula is C15H15ClN2S. The second-order valence-electron chi connectivity index (χ2n) is 6.01. The molecule has 0 amide bonds. The number of hydrogen-bond donors (Lipinski definition) is 0. The third kappa shape index (κ3) is 2.45. The van der Waals surface area contributed by atoms with Gasteiger partial charge in [-0.1, -0.05) is 44.5 Å². The Kier molecular flexibility index (Phi) is 2.99. The Hall–Kier alpha value is -1.19. The molecule has 0 fully saturated rings. The fourth-order valence-electron chi connectivity index (χ4n) is 2.31. The molecule has 0 saturated carbocycles. The Morgan fingerprint density at radius 3 is 2.74 bits per heavy atom. The lowest BCUT2D eigenvalue weighted by Crippen LogP contribution is -2.08. The van der Waals surface area contributed by atoms with Crippen LogP contribution in [0.4, 0.5) is 0 Å². The summed E-state index contributed by atoms with van der Waals surface area (Å²) < 4.78 is 2.21. The van der Waals surface area contributed by atoms with E-state index in [1.165, 1.54) is 22.0 Å². The molecular weight excluding hydrogens is 276 g/mol. The van der Waals surface area contributed by atoms with E-state index >= 15 is 0 Å². The molecule has 0 saturated heterocycles. The minimum Gasteiger partial charge on any atom is -0.235 e. The van der Waals surface area contributed by atoms with Gasteiger partial charge in [-0.05, 0) is 23.5 Å². The monoisotopic (exact) mass is 290 g/mol. The van der Waals surface area contributed by atoms with E-state index in [0.29, 0.717) is 10.6 Å². The fourth-order valence-corrected chi connectivity index (χ4v) is 3.66. The molecule has 0 aliphatic heterocycles. The molecule has 2 aromatic heterocycles. The number of benzene rings is 1. The first kappa shape index (κ1) is 12.8.